The Balaban J connectivity index is 0.000000396. The number of carboxylic acid groups (broad SMARTS) is 1. The maximum Gasteiger partial charge on any atom is 0.490 e. The van der Waals surface area contributed by atoms with Gasteiger partial charge in [0.1, 0.15) is 0 Å². The first kappa shape index (κ1) is 24.9. The van der Waals surface area contributed by atoms with Gasteiger partial charge in [0.15, 0.2) is 0 Å². The smallest absolute Gasteiger partial charge is 0.475 e. The molecule has 0 aromatic carbocycles. The number of alkyl halides is 3. The lowest BCUT2D eigenvalue weighted by molar-refractivity contribution is -0.192. The molecule has 3 rings (SSSR count). The normalized spacial score (nSPS) is 25.9. The standard InChI is InChI=1S/C16H29N3O3S.C2HF3O2/c1-17(2)12-13-19-15(20)6-8-16(19)7-3-10-18(11-9-16)23(21,22)14-4-5-14;3-2(4,5)1(6)7/h14H,3-13H2,1-2H3;(H,6,7). The van der Waals surface area contributed by atoms with Gasteiger partial charge >= 0.3 is 12.1 Å². The van der Waals surface area contributed by atoms with Gasteiger partial charge in [0.05, 0.1) is 5.25 Å². The summed E-state index contributed by atoms with van der Waals surface area (Å²) < 4.78 is 58.4. The van der Waals surface area contributed by atoms with Crippen LogP contribution in [-0.4, -0.2) is 96.7 Å². The number of carboxylic acids is 1. The molecule has 0 aromatic heterocycles. The molecule has 0 aromatic rings. The van der Waals surface area contributed by atoms with E-state index in [-0.39, 0.29) is 16.7 Å². The third kappa shape index (κ3) is 6.07. The van der Waals surface area contributed by atoms with Gasteiger partial charge in [0.2, 0.25) is 15.9 Å². The summed E-state index contributed by atoms with van der Waals surface area (Å²) in [5, 5.41) is 6.99. The van der Waals surface area contributed by atoms with Crippen LogP contribution in [0.5, 0.6) is 0 Å². The molecule has 2 heterocycles. The van der Waals surface area contributed by atoms with Gasteiger partial charge in [0, 0.05) is 38.1 Å². The molecular weight excluding hydrogens is 427 g/mol. The Morgan fingerprint density at radius 2 is 1.80 bits per heavy atom. The van der Waals surface area contributed by atoms with E-state index >= 15 is 0 Å². The number of carbonyl (C=O) groups excluding carboxylic acids is 1. The molecule has 3 aliphatic rings. The Labute approximate surface area is 175 Å². The largest absolute Gasteiger partial charge is 0.490 e. The lowest BCUT2D eigenvalue weighted by Crippen LogP contribution is -2.49. The molecule has 1 unspecified atom stereocenters. The van der Waals surface area contributed by atoms with Gasteiger partial charge in [-0.05, 0) is 52.6 Å². The lowest BCUT2D eigenvalue weighted by atomic mass is 9.88. The number of halogens is 3. The Morgan fingerprint density at radius 1 is 1.20 bits per heavy atom. The van der Waals surface area contributed by atoms with Crippen molar-refractivity contribution in [1.82, 2.24) is 14.1 Å². The van der Waals surface area contributed by atoms with E-state index < -0.39 is 22.2 Å². The van der Waals surface area contributed by atoms with Crippen LogP contribution < -0.4 is 0 Å². The number of rotatable bonds is 5. The van der Waals surface area contributed by atoms with Crippen LogP contribution in [0.3, 0.4) is 0 Å². The van der Waals surface area contributed by atoms with Crippen molar-refractivity contribution in [2.45, 2.75) is 61.9 Å². The minimum atomic E-state index is -5.08. The molecule has 1 aliphatic carbocycles. The number of aliphatic carboxylic acids is 1. The minimum absolute atomic E-state index is 0.110. The summed E-state index contributed by atoms with van der Waals surface area (Å²) in [4.78, 5) is 25.4. The molecule has 174 valence electrons. The second-order valence-electron chi connectivity index (χ2n) is 8.37. The molecule has 1 atom stereocenters. The molecule has 1 amide bonds. The number of hydrogen-bond donors (Lipinski definition) is 1. The molecule has 0 radical (unpaired) electrons. The second kappa shape index (κ2) is 9.39. The van der Waals surface area contributed by atoms with E-state index in [1.54, 1.807) is 4.31 Å². The molecular formula is C18H30F3N3O5S. The number of amides is 1. The van der Waals surface area contributed by atoms with Crippen molar-refractivity contribution in [3.63, 3.8) is 0 Å². The van der Waals surface area contributed by atoms with Crippen molar-refractivity contribution in [2.24, 2.45) is 0 Å². The van der Waals surface area contributed by atoms with Gasteiger partial charge in [-0.1, -0.05) is 0 Å². The van der Waals surface area contributed by atoms with Gasteiger partial charge in [-0.2, -0.15) is 13.2 Å². The zero-order chi connectivity index (χ0) is 22.7. The van der Waals surface area contributed by atoms with Crippen molar-refractivity contribution in [1.29, 1.82) is 0 Å². The Hall–Kier alpha value is -1.40. The molecule has 3 fully saturated rings. The van der Waals surface area contributed by atoms with Crippen LogP contribution in [0.25, 0.3) is 0 Å². The average Bonchev–Trinajstić information content (AvgIpc) is 3.44. The minimum Gasteiger partial charge on any atom is -0.475 e. The summed E-state index contributed by atoms with van der Waals surface area (Å²) in [6, 6.07) is 0. The van der Waals surface area contributed by atoms with Gasteiger partial charge in [-0.15, -0.1) is 0 Å². The summed E-state index contributed by atoms with van der Waals surface area (Å²) in [6.07, 6.45) is 0.632. The Morgan fingerprint density at radius 3 is 2.30 bits per heavy atom. The van der Waals surface area contributed by atoms with Crippen LogP contribution in [0.4, 0.5) is 13.2 Å². The molecule has 2 aliphatic heterocycles. The van der Waals surface area contributed by atoms with E-state index in [9.17, 15) is 26.4 Å². The molecule has 8 nitrogen and oxygen atoms in total. The topological polar surface area (TPSA) is 98.2 Å². The van der Waals surface area contributed by atoms with E-state index in [4.69, 9.17) is 9.90 Å². The molecule has 12 heteroatoms. The number of carbonyl (C=O) groups is 2. The van der Waals surface area contributed by atoms with Crippen LogP contribution >= 0.6 is 0 Å². The quantitative estimate of drug-likeness (QED) is 0.672. The van der Waals surface area contributed by atoms with Crippen molar-refractivity contribution in [2.75, 3.05) is 40.3 Å². The summed E-state index contributed by atoms with van der Waals surface area (Å²) in [5.74, 6) is -2.52. The number of likely N-dealkylation sites (tertiary alicyclic amines) is 1. The molecule has 0 bridgehead atoms. The fraction of sp³-hybridized carbons (Fsp3) is 0.889. The fourth-order valence-corrected chi connectivity index (χ4v) is 5.92. The highest BCUT2D eigenvalue weighted by molar-refractivity contribution is 7.90. The maximum atomic E-state index is 12.5. The molecule has 1 N–H and O–H groups in total. The average molecular weight is 458 g/mol. The Bertz CT molecular complexity index is 740. The van der Waals surface area contributed by atoms with Gasteiger partial charge in [-0.25, -0.2) is 17.5 Å². The van der Waals surface area contributed by atoms with Crippen LogP contribution in [0.1, 0.15) is 44.9 Å². The number of likely N-dealkylation sites (N-methyl/N-ethyl adjacent to an activating group) is 1. The highest BCUT2D eigenvalue weighted by Gasteiger charge is 2.48. The summed E-state index contributed by atoms with van der Waals surface area (Å²) in [7, 11) is 0.943. The van der Waals surface area contributed by atoms with Crippen molar-refractivity contribution >= 4 is 21.9 Å². The van der Waals surface area contributed by atoms with E-state index in [2.05, 4.69) is 9.80 Å². The Kier molecular flexibility index (Phi) is 7.78. The predicted octanol–water partition coefficient (Wildman–Crippen LogP) is 1.52. The molecule has 2 saturated heterocycles. The third-order valence-electron chi connectivity index (χ3n) is 5.87. The van der Waals surface area contributed by atoms with Crippen molar-refractivity contribution < 1.29 is 36.3 Å². The lowest BCUT2D eigenvalue weighted by Gasteiger charge is -2.38. The first-order valence-corrected chi connectivity index (χ1v) is 11.5. The molecule has 1 spiro atoms. The number of hydrogen-bond acceptors (Lipinski definition) is 5. The molecule has 30 heavy (non-hydrogen) atoms. The van der Waals surface area contributed by atoms with Gasteiger partial charge in [-0.3, -0.25) is 4.79 Å². The summed E-state index contributed by atoms with van der Waals surface area (Å²) >= 11 is 0. The highest BCUT2D eigenvalue weighted by atomic mass is 32.2. The van der Waals surface area contributed by atoms with Crippen LogP contribution in [0, 0.1) is 0 Å². The monoisotopic (exact) mass is 457 g/mol. The summed E-state index contributed by atoms with van der Waals surface area (Å²) in [5.41, 5.74) is -0.110. The van der Waals surface area contributed by atoms with Crippen molar-refractivity contribution in [3.05, 3.63) is 0 Å². The van der Waals surface area contributed by atoms with E-state index in [1.165, 1.54) is 0 Å². The van der Waals surface area contributed by atoms with Gasteiger partial charge in [0.25, 0.3) is 0 Å². The number of nitrogens with zero attached hydrogens (tertiary/aromatic N) is 3. The first-order chi connectivity index (χ1) is 13.8. The molecule has 1 saturated carbocycles. The second-order valence-corrected chi connectivity index (χ2v) is 10.6. The third-order valence-corrected chi connectivity index (χ3v) is 8.27. The fourth-order valence-electron chi connectivity index (χ4n) is 4.04. The van der Waals surface area contributed by atoms with Crippen LogP contribution in [0.2, 0.25) is 0 Å². The maximum absolute atomic E-state index is 12.5. The highest BCUT2D eigenvalue weighted by Crippen LogP contribution is 2.40. The van der Waals surface area contributed by atoms with E-state index in [0.717, 1.165) is 51.6 Å². The zero-order valence-corrected chi connectivity index (χ0v) is 18.1. The SMILES string of the molecule is CN(C)CCN1C(=O)CCC12CCCN(S(=O)(=O)C1CC1)CC2.O=C(O)C(F)(F)F. The van der Waals surface area contributed by atoms with E-state index in [1.807, 2.05) is 14.1 Å². The van der Waals surface area contributed by atoms with Crippen molar-refractivity contribution in [3.8, 4) is 0 Å². The zero-order valence-electron chi connectivity index (χ0n) is 17.3. The first-order valence-electron chi connectivity index (χ1n) is 10.0. The summed E-state index contributed by atoms with van der Waals surface area (Å²) in [6.45, 7) is 2.81. The van der Waals surface area contributed by atoms with Gasteiger partial charge < -0.3 is 14.9 Å². The van der Waals surface area contributed by atoms with Crippen LogP contribution in [-0.2, 0) is 19.6 Å². The number of sulfonamides is 1. The van der Waals surface area contributed by atoms with Crippen LogP contribution in [0.15, 0.2) is 0 Å². The van der Waals surface area contributed by atoms with E-state index in [0.29, 0.717) is 19.5 Å². The predicted molar refractivity (Wildman–Crippen MR) is 103 cm³/mol.